The summed E-state index contributed by atoms with van der Waals surface area (Å²) in [6.45, 7) is 3.79. The van der Waals surface area contributed by atoms with Crippen molar-refractivity contribution in [2.24, 2.45) is 0 Å². The number of likely N-dealkylation sites (N-methyl/N-ethyl adjacent to an activating group) is 1. The minimum Gasteiger partial charge on any atom is -0.481 e. The Hall–Kier alpha value is -1.07. The van der Waals surface area contributed by atoms with E-state index in [1.807, 2.05) is 25.2 Å². The summed E-state index contributed by atoms with van der Waals surface area (Å²) in [6.07, 6.45) is 0.185. The molecule has 0 bridgehead atoms. The second-order valence-electron chi connectivity index (χ2n) is 5.14. The average molecular weight is 327 g/mol. The molecule has 19 heavy (non-hydrogen) atoms. The SMILES string of the molecule is CC1CN(C)C(CC(=O)O)CN1c1ccccc1Br. The molecule has 104 valence electrons. The average Bonchev–Trinajstić information content (AvgIpc) is 2.33. The topological polar surface area (TPSA) is 43.8 Å². The molecule has 0 saturated carbocycles. The van der Waals surface area contributed by atoms with Gasteiger partial charge in [0.1, 0.15) is 0 Å². The van der Waals surface area contributed by atoms with Crippen molar-refractivity contribution in [2.75, 3.05) is 25.0 Å². The number of piperazine rings is 1. The van der Waals surface area contributed by atoms with Gasteiger partial charge in [0, 0.05) is 29.6 Å². The van der Waals surface area contributed by atoms with Gasteiger partial charge in [-0.05, 0) is 42.0 Å². The number of nitrogens with zero attached hydrogens (tertiary/aromatic N) is 2. The lowest BCUT2D eigenvalue weighted by Crippen LogP contribution is -2.56. The van der Waals surface area contributed by atoms with Gasteiger partial charge < -0.3 is 10.0 Å². The molecule has 1 fully saturated rings. The number of hydrogen-bond acceptors (Lipinski definition) is 3. The molecule has 5 heteroatoms. The van der Waals surface area contributed by atoms with Crippen molar-refractivity contribution in [3.8, 4) is 0 Å². The summed E-state index contributed by atoms with van der Waals surface area (Å²) in [5, 5.41) is 9.01. The lowest BCUT2D eigenvalue weighted by atomic mass is 10.0. The summed E-state index contributed by atoms with van der Waals surface area (Å²) in [5.74, 6) is -0.738. The van der Waals surface area contributed by atoms with Crippen LogP contribution in [0.15, 0.2) is 28.7 Å². The second kappa shape index (κ2) is 5.92. The minimum atomic E-state index is -0.738. The molecule has 1 N–H and O–H groups in total. The number of benzene rings is 1. The molecule has 4 nitrogen and oxygen atoms in total. The Morgan fingerprint density at radius 2 is 2.11 bits per heavy atom. The van der Waals surface area contributed by atoms with Crippen molar-refractivity contribution in [1.29, 1.82) is 0 Å². The maximum atomic E-state index is 11.0. The molecule has 0 aliphatic carbocycles. The maximum Gasteiger partial charge on any atom is 0.305 e. The number of para-hydroxylation sites is 1. The third-order valence-corrected chi connectivity index (χ3v) is 4.36. The van der Waals surface area contributed by atoms with Crippen LogP contribution in [0.2, 0.25) is 0 Å². The predicted octanol–water partition coefficient (Wildman–Crippen LogP) is 2.43. The molecular weight excluding hydrogens is 308 g/mol. The van der Waals surface area contributed by atoms with Crippen LogP contribution in [0.4, 0.5) is 5.69 Å². The highest BCUT2D eigenvalue weighted by Crippen LogP contribution is 2.30. The van der Waals surface area contributed by atoms with E-state index in [9.17, 15) is 4.79 Å². The monoisotopic (exact) mass is 326 g/mol. The van der Waals surface area contributed by atoms with Gasteiger partial charge in [-0.2, -0.15) is 0 Å². The second-order valence-corrected chi connectivity index (χ2v) is 6.00. The van der Waals surface area contributed by atoms with Gasteiger partial charge in [-0.25, -0.2) is 0 Å². The standard InChI is InChI=1S/C14H19BrN2O2/c1-10-8-16(2)11(7-14(18)19)9-17(10)13-6-4-3-5-12(13)15/h3-6,10-11H,7-9H2,1-2H3,(H,18,19). The fourth-order valence-electron chi connectivity index (χ4n) is 2.65. The van der Waals surface area contributed by atoms with E-state index in [1.54, 1.807) is 0 Å². The van der Waals surface area contributed by atoms with Crippen LogP contribution in [0.5, 0.6) is 0 Å². The van der Waals surface area contributed by atoms with E-state index in [0.717, 1.165) is 23.2 Å². The Balaban J connectivity index is 2.20. The maximum absolute atomic E-state index is 11.0. The molecule has 0 radical (unpaired) electrons. The van der Waals surface area contributed by atoms with Gasteiger partial charge in [0.2, 0.25) is 0 Å². The summed E-state index contributed by atoms with van der Waals surface area (Å²) in [6, 6.07) is 8.52. The third kappa shape index (κ3) is 3.28. The zero-order chi connectivity index (χ0) is 14.0. The van der Waals surface area contributed by atoms with E-state index >= 15 is 0 Å². The van der Waals surface area contributed by atoms with Crippen molar-refractivity contribution in [3.63, 3.8) is 0 Å². The Kier molecular flexibility index (Phi) is 4.47. The van der Waals surface area contributed by atoms with Crippen LogP contribution in [-0.2, 0) is 4.79 Å². The van der Waals surface area contributed by atoms with Gasteiger partial charge in [0.15, 0.2) is 0 Å². The lowest BCUT2D eigenvalue weighted by Gasteiger charge is -2.45. The zero-order valence-electron chi connectivity index (χ0n) is 11.2. The van der Waals surface area contributed by atoms with Crippen molar-refractivity contribution in [1.82, 2.24) is 4.90 Å². The Morgan fingerprint density at radius 1 is 1.42 bits per heavy atom. The first kappa shape index (κ1) is 14.3. The van der Waals surface area contributed by atoms with Crippen LogP contribution in [0.25, 0.3) is 0 Å². The van der Waals surface area contributed by atoms with E-state index in [4.69, 9.17) is 5.11 Å². The Bertz CT molecular complexity index is 467. The number of rotatable bonds is 3. The molecular formula is C14H19BrN2O2. The summed E-state index contributed by atoms with van der Waals surface area (Å²) in [5.41, 5.74) is 1.14. The summed E-state index contributed by atoms with van der Waals surface area (Å²) < 4.78 is 1.06. The van der Waals surface area contributed by atoms with Crippen molar-refractivity contribution >= 4 is 27.6 Å². The molecule has 0 spiro atoms. The van der Waals surface area contributed by atoms with Crippen LogP contribution in [0, 0.1) is 0 Å². The number of anilines is 1. The van der Waals surface area contributed by atoms with Gasteiger partial charge in [-0.1, -0.05) is 12.1 Å². The first-order valence-corrected chi connectivity index (χ1v) is 7.21. The van der Waals surface area contributed by atoms with Crippen molar-refractivity contribution in [2.45, 2.75) is 25.4 Å². The molecule has 0 aromatic heterocycles. The Labute approximate surface area is 122 Å². The molecule has 1 saturated heterocycles. The molecule has 2 rings (SSSR count). The lowest BCUT2D eigenvalue weighted by molar-refractivity contribution is -0.138. The van der Waals surface area contributed by atoms with Gasteiger partial charge >= 0.3 is 5.97 Å². The number of hydrogen-bond donors (Lipinski definition) is 1. The van der Waals surface area contributed by atoms with Crippen LogP contribution < -0.4 is 4.90 Å². The van der Waals surface area contributed by atoms with Gasteiger partial charge in [0.05, 0.1) is 12.1 Å². The quantitative estimate of drug-likeness (QED) is 0.926. The molecule has 1 heterocycles. The van der Waals surface area contributed by atoms with Gasteiger partial charge in [-0.15, -0.1) is 0 Å². The van der Waals surface area contributed by atoms with Crippen molar-refractivity contribution < 1.29 is 9.90 Å². The highest BCUT2D eigenvalue weighted by Gasteiger charge is 2.31. The van der Waals surface area contributed by atoms with Crippen LogP contribution in [-0.4, -0.2) is 48.2 Å². The van der Waals surface area contributed by atoms with E-state index in [0.29, 0.717) is 6.04 Å². The van der Waals surface area contributed by atoms with E-state index in [2.05, 4.69) is 38.7 Å². The molecule has 1 aliphatic rings. The first-order valence-electron chi connectivity index (χ1n) is 6.42. The number of carbonyl (C=O) groups is 1. The van der Waals surface area contributed by atoms with Gasteiger partial charge in [-0.3, -0.25) is 9.69 Å². The highest BCUT2D eigenvalue weighted by molar-refractivity contribution is 9.10. The highest BCUT2D eigenvalue weighted by atomic mass is 79.9. The van der Waals surface area contributed by atoms with Crippen LogP contribution in [0.3, 0.4) is 0 Å². The fourth-order valence-corrected chi connectivity index (χ4v) is 3.17. The van der Waals surface area contributed by atoms with Crippen molar-refractivity contribution in [3.05, 3.63) is 28.7 Å². The predicted molar refractivity (Wildman–Crippen MR) is 79.6 cm³/mol. The van der Waals surface area contributed by atoms with Crippen LogP contribution >= 0.6 is 15.9 Å². The number of carboxylic acid groups (broad SMARTS) is 1. The third-order valence-electron chi connectivity index (χ3n) is 3.69. The zero-order valence-corrected chi connectivity index (χ0v) is 12.8. The van der Waals surface area contributed by atoms with Crippen LogP contribution in [0.1, 0.15) is 13.3 Å². The van der Waals surface area contributed by atoms with E-state index in [1.165, 1.54) is 0 Å². The number of carboxylic acids is 1. The van der Waals surface area contributed by atoms with Gasteiger partial charge in [0.25, 0.3) is 0 Å². The largest absolute Gasteiger partial charge is 0.481 e. The smallest absolute Gasteiger partial charge is 0.305 e. The molecule has 0 amide bonds. The Morgan fingerprint density at radius 3 is 2.74 bits per heavy atom. The molecule has 1 aromatic carbocycles. The first-order chi connectivity index (χ1) is 8.99. The molecule has 2 atom stereocenters. The van der Waals surface area contributed by atoms with E-state index < -0.39 is 5.97 Å². The number of aliphatic carboxylic acids is 1. The molecule has 2 unspecified atom stereocenters. The molecule has 1 aromatic rings. The summed E-state index contributed by atoms with van der Waals surface area (Å²) >= 11 is 3.57. The van der Waals surface area contributed by atoms with E-state index in [-0.39, 0.29) is 12.5 Å². The fraction of sp³-hybridized carbons (Fsp3) is 0.500. The minimum absolute atomic E-state index is 0.0563. The normalized spacial score (nSPS) is 24.5. The number of halogens is 1. The summed E-state index contributed by atoms with van der Waals surface area (Å²) in [4.78, 5) is 15.4. The summed E-state index contributed by atoms with van der Waals surface area (Å²) in [7, 11) is 2.00. The molecule has 1 aliphatic heterocycles.